The van der Waals surface area contributed by atoms with Crippen LogP contribution in [0.4, 0.5) is 0 Å². The fourth-order valence-corrected chi connectivity index (χ4v) is 3.10. The maximum Gasteiger partial charge on any atom is 0.327 e. The van der Waals surface area contributed by atoms with Crippen molar-refractivity contribution in [1.29, 1.82) is 0 Å². The maximum atomic E-state index is 11.7. The minimum atomic E-state index is -0.911. The molecule has 1 aliphatic heterocycles. The van der Waals surface area contributed by atoms with Crippen molar-refractivity contribution in [1.82, 2.24) is 20.0 Å². The lowest BCUT2D eigenvalue weighted by molar-refractivity contribution is -0.144. The smallest absolute Gasteiger partial charge is 0.327 e. The van der Waals surface area contributed by atoms with Gasteiger partial charge in [-0.25, -0.2) is 4.98 Å². The molecule has 0 bridgehead atoms. The zero-order chi connectivity index (χ0) is 16.5. The molecule has 0 radical (unpaired) electrons. The van der Waals surface area contributed by atoms with Crippen LogP contribution in [0.15, 0.2) is 47.2 Å². The van der Waals surface area contributed by atoms with Crippen molar-refractivity contribution < 1.29 is 14.4 Å². The number of carboxylic acid groups (broad SMARTS) is 1. The number of rotatable bonds is 4. The van der Waals surface area contributed by atoms with Gasteiger partial charge in [-0.15, -0.1) is 0 Å². The summed E-state index contributed by atoms with van der Waals surface area (Å²) in [4.78, 5) is 20.7. The molecule has 2 aromatic heterocycles. The first-order valence-electron chi connectivity index (χ1n) is 7.72. The van der Waals surface area contributed by atoms with E-state index in [0.717, 1.165) is 23.4 Å². The van der Waals surface area contributed by atoms with Gasteiger partial charge in [0.2, 0.25) is 0 Å². The van der Waals surface area contributed by atoms with Gasteiger partial charge in [-0.3, -0.25) is 9.69 Å². The van der Waals surface area contributed by atoms with E-state index in [9.17, 15) is 9.90 Å². The Balaban J connectivity index is 1.57. The molecule has 0 fully saturated rings. The summed E-state index contributed by atoms with van der Waals surface area (Å²) in [6.45, 7) is 0.997. The Labute approximate surface area is 137 Å². The largest absolute Gasteiger partial charge is 0.480 e. The molecular weight excluding hydrogens is 308 g/mol. The summed E-state index contributed by atoms with van der Waals surface area (Å²) < 4.78 is 5.41. The number of imidazole rings is 1. The average molecular weight is 324 g/mol. The summed E-state index contributed by atoms with van der Waals surface area (Å²) in [7, 11) is 0. The molecule has 1 atom stereocenters. The van der Waals surface area contributed by atoms with E-state index < -0.39 is 12.0 Å². The summed E-state index contributed by atoms with van der Waals surface area (Å²) in [5.41, 5.74) is 3.18. The highest BCUT2D eigenvalue weighted by Gasteiger charge is 2.35. The van der Waals surface area contributed by atoms with Crippen LogP contribution in [-0.2, 0) is 17.8 Å². The highest BCUT2D eigenvalue weighted by atomic mass is 16.5. The molecule has 7 nitrogen and oxygen atoms in total. The van der Waals surface area contributed by atoms with Crippen molar-refractivity contribution in [3.8, 4) is 11.3 Å². The first-order valence-corrected chi connectivity index (χ1v) is 7.72. The van der Waals surface area contributed by atoms with Crippen LogP contribution >= 0.6 is 0 Å². The van der Waals surface area contributed by atoms with Gasteiger partial charge in [-0.2, -0.15) is 0 Å². The third-order valence-electron chi connectivity index (χ3n) is 4.25. The van der Waals surface area contributed by atoms with Gasteiger partial charge in [0, 0.05) is 30.3 Å². The van der Waals surface area contributed by atoms with Crippen molar-refractivity contribution in [3.05, 3.63) is 59.9 Å². The molecule has 7 heteroatoms. The zero-order valence-corrected chi connectivity index (χ0v) is 12.8. The number of hydrogen-bond donors (Lipinski definition) is 2. The van der Waals surface area contributed by atoms with E-state index in [0.29, 0.717) is 24.5 Å². The zero-order valence-electron chi connectivity index (χ0n) is 12.8. The van der Waals surface area contributed by atoms with E-state index in [4.69, 9.17) is 4.52 Å². The number of nitrogens with one attached hydrogen (secondary N) is 1. The number of aromatic nitrogens is 3. The third kappa shape index (κ3) is 2.59. The van der Waals surface area contributed by atoms with Crippen LogP contribution in [-0.4, -0.2) is 37.6 Å². The predicted molar refractivity (Wildman–Crippen MR) is 85.0 cm³/mol. The molecule has 0 saturated heterocycles. The number of aromatic amines is 1. The van der Waals surface area contributed by atoms with E-state index >= 15 is 0 Å². The molecule has 0 unspecified atom stereocenters. The summed E-state index contributed by atoms with van der Waals surface area (Å²) in [5, 5.41) is 13.7. The van der Waals surface area contributed by atoms with Gasteiger partial charge < -0.3 is 14.6 Å². The third-order valence-corrected chi connectivity index (χ3v) is 4.25. The topological polar surface area (TPSA) is 95.2 Å². The van der Waals surface area contributed by atoms with Crippen molar-refractivity contribution >= 4 is 5.97 Å². The second-order valence-electron chi connectivity index (χ2n) is 5.77. The molecule has 4 rings (SSSR count). The fourth-order valence-electron chi connectivity index (χ4n) is 3.10. The van der Waals surface area contributed by atoms with Gasteiger partial charge in [0.15, 0.2) is 11.8 Å². The number of nitrogens with zero attached hydrogens (tertiary/aromatic N) is 3. The second kappa shape index (κ2) is 5.93. The van der Waals surface area contributed by atoms with Gasteiger partial charge >= 0.3 is 5.97 Å². The maximum absolute atomic E-state index is 11.7. The first kappa shape index (κ1) is 14.6. The van der Waals surface area contributed by atoms with Crippen LogP contribution in [0.25, 0.3) is 11.3 Å². The van der Waals surface area contributed by atoms with Crippen LogP contribution in [0, 0.1) is 0 Å². The number of fused-ring (bicyclic) bond motifs is 1. The van der Waals surface area contributed by atoms with E-state index in [1.165, 1.54) is 0 Å². The highest BCUT2D eigenvalue weighted by molar-refractivity contribution is 5.75. The average Bonchev–Trinajstić information content (AvgIpc) is 3.24. The molecule has 3 aromatic rings. The number of H-pyrrole nitrogens is 1. The minimum absolute atomic E-state index is 0.378. The predicted octanol–water partition coefficient (Wildman–Crippen LogP) is 2.25. The lowest BCUT2D eigenvalue weighted by Crippen LogP contribution is -2.39. The minimum Gasteiger partial charge on any atom is -0.480 e. The molecule has 1 aromatic carbocycles. The van der Waals surface area contributed by atoms with E-state index in [2.05, 4.69) is 15.1 Å². The van der Waals surface area contributed by atoms with Crippen LogP contribution in [0.5, 0.6) is 0 Å². The van der Waals surface area contributed by atoms with Crippen LogP contribution < -0.4 is 0 Å². The van der Waals surface area contributed by atoms with Gasteiger partial charge in [0.05, 0.1) is 18.6 Å². The molecular formula is C17H16N4O3. The monoisotopic (exact) mass is 324 g/mol. The molecule has 0 spiro atoms. The number of hydrogen-bond acceptors (Lipinski definition) is 5. The van der Waals surface area contributed by atoms with E-state index in [1.807, 2.05) is 41.3 Å². The summed E-state index contributed by atoms with van der Waals surface area (Å²) in [5.74, 6) is -0.273. The molecule has 24 heavy (non-hydrogen) atoms. The van der Waals surface area contributed by atoms with Crippen molar-refractivity contribution in [2.45, 2.75) is 19.0 Å². The van der Waals surface area contributed by atoms with Crippen molar-refractivity contribution in [2.75, 3.05) is 6.54 Å². The molecule has 2 N–H and O–H groups in total. The van der Waals surface area contributed by atoms with Crippen LogP contribution in [0.1, 0.15) is 23.2 Å². The molecule has 0 saturated carbocycles. The summed E-state index contributed by atoms with van der Waals surface area (Å²) in [6.07, 6.45) is 2.28. The molecule has 0 amide bonds. The Bertz CT molecular complexity index is 856. The normalized spacial score (nSPS) is 17.6. The Hall–Kier alpha value is -2.93. The standard InChI is InChI=1S/C17H16N4O3/c22-17(23)16-15-13(18-10-19-15)6-7-21(16)9-12-8-14(20-24-12)11-4-2-1-3-5-11/h1-5,8,10,16H,6-7,9H2,(H,18,19)(H,22,23)/t16-/m1/s1. The highest BCUT2D eigenvalue weighted by Crippen LogP contribution is 2.29. The van der Waals surface area contributed by atoms with E-state index in [-0.39, 0.29) is 0 Å². The van der Waals surface area contributed by atoms with Crippen LogP contribution in [0.2, 0.25) is 0 Å². The number of carboxylic acids is 1. The SMILES string of the molecule is O=C(O)[C@H]1c2nc[nH]c2CCN1Cc1cc(-c2ccccc2)no1. The van der Waals surface area contributed by atoms with Crippen molar-refractivity contribution in [2.24, 2.45) is 0 Å². The Morgan fingerprint density at radius 2 is 2.21 bits per heavy atom. The Morgan fingerprint density at radius 3 is 3.00 bits per heavy atom. The lowest BCUT2D eigenvalue weighted by Gasteiger charge is -2.31. The Kier molecular flexibility index (Phi) is 3.62. The number of carbonyl (C=O) groups is 1. The van der Waals surface area contributed by atoms with Gasteiger partial charge in [-0.1, -0.05) is 35.5 Å². The molecule has 0 aliphatic carbocycles. The number of benzene rings is 1. The Morgan fingerprint density at radius 1 is 1.38 bits per heavy atom. The van der Waals surface area contributed by atoms with Gasteiger partial charge in [0.25, 0.3) is 0 Å². The van der Waals surface area contributed by atoms with Gasteiger partial charge in [0.1, 0.15) is 5.69 Å². The quantitative estimate of drug-likeness (QED) is 0.764. The first-order chi connectivity index (χ1) is 11.7. The summed E-state index contributed by atoms with van der Waals surface area (Å²) >= 11 is 0. The van der Waals surface area contributed by atoms with Gasteiger partial charge in [-0.05, 0) is 0 Å². The van der Waals surface area contributed by atoms with Crippen LogP contribution in [0.3, 0.4) is 0 Å². The second-order valence-corrected chi connectivity index (χ2v) is 5.77. The molecule has 122 valence electrons. The summed E-state index contributed by atoms with van der Waals surface area (Å²) in [6, 6.07) is 10.8. The fraction of sp³-hybridized carbons (Fsp3) is 0.235. The number of aliphatic carboxylic acids is 1. The molecule has 3 heterocycles. The molecule has 1 aliphatic rings. The van der Waals surface area contributed by atoms with E-state index in [1.54, 1.807) is 6.33 Å². The lowest BCUT2D eigenvalue weighted by atomic mass is 10.0. The van der Waals surface area contributed by atoms with Crippen molar-refractivity contribution in [3.63, 3.8) is 0 Å².